The minimum Gasteiger partial charge on any atom is -0.454 e. The van der Waals surface area contributed by atoms with E-state index in [1.54, 1.807) is 6.07 Å². The molecule has 114 valence electrons. The molecular weight excluding hydrogens is 272 g/mol. The molecule has 1 N–H and O–H groups in total. The smallest absolute Gasteiger partial charge is 0.296 e. The Morgan fingerprint density at radius 3 is 2.48 bits per heavy atom. The van der Waals surface area contributed by atoms with Crippen LogP contribution < -0.4 is 14.8 Å². The van der Waals surface area contributed by atoms with Crippen LogP contribution in [0.2, 0.25) is 0 Å². The highest BCUT2D eigenvalue weighted by molar-refractivity contribution is 5.69. The van der Waals surface area contributed by atoms with Gasteiger partial charge in [0.1, 0.15) is 5.69 Å². The normalized spacial score (nSPS) is 20.3. The van der Waals surface area contributed by atoms with Gasteiger partial charge in [0, 0.05) is 12.1 Å². The van der Waals surface area contributed by atoms with Crippen LogP contribution in [0.3, 0.4) is 0 Å². The van der Waals surface area contributed by atoms with E-state index in [1.807, 2.05) is 0 Å². The zero-order valence-electron chi connectivity index (χ0n) is 12.3. The fourth-order valence-electron chi connectivity index (χ4n) is 2.96. The van der Waals surface area contributed by atoms with Crippen molar-refractivity contribution in [2.45, 2.75) is 45.6 Å². The van der Waals surface area contributed by atoms with Crippen LogP contribution in [0, 0.1) is 15.5 Å². The molecule has 6 nitrogen and oxygen atoms in total. The number of nitrogens with one attached hydrogen (secondary N) is 1. The summed E-state index contributed by atoms with van der Waals surface area (Å²) in [4.78, 5) is 10.9. The van der Waals surface area contributed by atoms with Crippen LogP contribution in [0.5, 0.6) is 11.5 Å². The Hall–Kier alpha value is -1.98. The standard InChI is InChI=1S/C15H20N2O4/c1-15(2)5-3-10(4-6-15)16-11-7-13-14(21-9-20-13)8-12(11)17(18)19/h7-8,10,16H,3-6,9H2,1-2H3. The van der Waals surface area contributed by atoms with Crippen molar-refractivity contribution in [3.8, 4) is 11.5 Å². The number of nitro benzene ring substituents is 1. The lowest BCUT2D eigenvalue weighted by Gasteiger charge is -2.35. The van der Waals surface area contributed by atoms with E-state index in [0.717, 1.165) is 25.7 Å². The molecule has 1 saturated carbocycles. The zero-order valence-corrected chi connectivity index (χ0v) is 12.3. The quantitative estimate of drug-likeness (QED) is 0.679. The molecule has 0 aromatic heterocycles. The minimum absolute atomic E-state index is 0.0454. The third kappa shape index (κ3) is 2.89. The van der Waals surface area contributed by atoms with Crippen LogP contribution in [0.1, 0.15) is 39.5 Å². The Kier molecular flexibility index (Phi) is 3.39. The molecule has 0 spiro atoms. The second-order valence-corrected chi connectivity index (χ2v) is 6.56. The number of ether oxygens (including phenoxy) is 2. The number of fused-ring (bicyclic) bond motifs is 1. The van der Waals surface area contributed by atoms with E-state index in [2.05, 4.69) is 19.2 Å². The fraction of sp³-hybridized carbons (Fsp3) is 0.600. The van der Waals surface area contributed by atoms with Gasteiger partial charge in [0.25, 0.3) is 5.69 Å². The Morgan fingerprint density at radius 2 is 1.86 bits per heavy atom. The van der Waals surface area contributed by atoms with Crippen LogP contribution in [-0.4, -0.2) is 17.8 Å². The second-order valence-electron chi connectivity index (χ2n) is 6.56. The van der Waals surface area contributed by atoms with Crippen molar-refractivity contribution in [3.05, 3.63) is 22.2 Å². The van der Waals surface area contributed by atoms with Crippen LogP contribution >= 0.6 is 0 Å². The molecule has 1 aliphatic carbocycles. The van der Waals surface area contributed by atoms with Crippen LogP contribution in [-0.2, 0) is 0 Å². The van der Waals surface area contributed by atoms with Gasteiger partial charge >= 0.3 is 0 Å². The first-order valence-electron chi connectivity index (χ1n) is 7.29. The number of nitrogens with zero attached hydrogens (tertiary/aromatic N) is 1. The molecule has 0 amide bonds. The van der Waals surface area contributed by atoms with Gasteiger partial charge in [-0.25, -0.2) is 0 Å². The molecule has 1 fully saturated rings. The van der Waals surface area contributed by atoms with Gasteiger partial charge < -0.3 is 14.8 Å². The van der Waals surface area contributed by atoms with E-state index in [1.165, 1.54) is 6.07 Å². The first kappa shape index (κ1) is 14.0. The van der Waals surface area contributed by atoms with Crippen molar-refractivity contribution in [3.63, 3.8) is 0 Å². The summed E-state index contributed by atoms with van der Waals surface area (Å²) in [5.74, 6) is 1.01. The molecule has 1 aromatic rings. The molecule has 0 atom stereocenters. The maximum absolute atomic E-state index is 11.2. The molecule has 0 bridgehead atoms. The number of hydrogen-bond acceptors (Lipinski definition) is 5. The van der Waals surface area contributed by atoms with Gasteiger partial charge in [-0.15, -0.1) is 0 Å². The third-order valence-corrected chi connectivity index (χ3v) is 4.39. The van der Waals surface area contributed by atoms with E-state index in [0.29, 0.717) is 22.6 Å². The molecule has 3 rings (SSSR count). The number of benzene rings is 1. The Bertz CT molecular complexity index is 561. The zero-order chi connectivity index (χ0) is 15.0. The predicted octanol–water partition coefficient (Wildman–Crippen LogP) is 3.70. The summed E-state index contributed by atoms with van der Waals surface area (Å²) in [5.41, 5.74) is 0.942. The topological polar surface area (TPSA) is 73.6 Å². The number of nitro groups is 1. The lowest BCUT2D eigenvalue weighted by atomic mass is 9.75. The molecule has 0 radical (unpaired) electrons. The highest BCUT2D eigenvalue weighted by Gasteiger charge is 2.29. The summed E-state index contributed by atoms with van der Waals surface area (Å²) >= 11 is 0. The molecule has 1 heterocycles. The molecular formula is C15H20N2O4. The fourth-order valence-corrected chi connectivity index (χ4v) is 2.96. The summed E-state index contributed by atoms with van der Waals surface area (Å²) in [5, 5.41) is 14.6. The van der Waals surface area contributed by atoms with Crippen molar-refractivity contribution >= 4 is 11.4 Å². The van der Waals surface area contributed by atoms with E-state index in [4.69, 9.17) is 9.47 Å². The minimum atomic E-state index is -0.378. The summed E-state index contributed by atoms with van der Waals surface area (Å²) in [7, 11) is 0. The first-order chi connectivity index (χ1) is 9.94. The molecule has 1 aromatic carbocycles. The monoisotopic (exact) mass is 292 g/mol. The van der Waals surface area contributed by atoms with Crippen molar-refractivity contribution in [2.24, 2.45) is 5.41 Å². The van der Waals surface area contributed by atoms with Crippen LogP contribution in [0.4, 0.5) is 11.4 Å². The summed E-state index contributed by atoms with van der Waals surface area (Å²) in [6, 6.07) is 3.40. The van der Waals surface area contributed by atoms with Gasteiger partial charge in [0.2, 0.25) is 6.79 Å². The number of rotatable bonds is 3. The van der Waals surface area contributed by atoms with Gasteiger partial charge in [-0.1, -0.05) is 13.8 Å². The van der Waals surface area contributed by atoms with Crippen molar-refractivity contribution in [2.75, 3.05) is 12.1 Å². The Morgan fingerprint density at radius 1 is 1.24 bits per heavy atom. The predicted molar refractivity (Wildman–Crippen MR) is 78.9 cm³/mol. The highest BCUT2D eigenvalue weighted by Crippen LogP contribution is 2.42. The van der Waals surface area contributed by atoms with Crippen molar-refractivity contribution < 1.29 is 14.4 Å². The Labute approximate surface area is 123 Å². The second kappa shape index (κ2) is 5.09. The van der Waals surface area contributed by atoms with Gasteiger partial charge in [-0.2, -0.15) is 0 Å². The van der Waals surface area contributed by atoms with Gasteiger partial charge in [-0.3, -0.25) is 10.1 Å². The Balaban J connectivity index is 1.80. The first-order valence-corrected chi connectivity index (χ1v) is 7.29. The molecule has 0 saturated heterocycles. The molecule has 0 unspecified atom stereocenters. The molecule has 6 heteroatoms. The maximum atomic E-state index is 11.2. The van der Waals surface area contributed by atoms with Gasteiger partial charge in [0.05, 0.1) is 11.0 Å². The highest BCUT2D eigenvalue weighted by atomic mass is 16.7. The van der Waals surface area contributed by atoms with Crippen LogP contribution in [0.15, 0.2) is 12.1 Å². The van der Waals surface area contributed by atoms with Gasteiger partial charge in [-0.05, 0) is 31.1 Å². The van der Waals surface area contributed by atoms with E-state index in [9.17, 15) is 10.1 Å². The molecule has 21 heavy (non-hydrogen) atoms. The van der Waals surface area contributed by atoms with Gasteiger partial charge in [0.15, 0.2) is 11.5 Å². The van der Waals surface area contributed by atoms with E-state index < -0.39 is 0 Å². The summed E-state index contributed by atoms with van der Waals surface area (Å²) in [6.07, 6.45) is 4.31. The van der Waals surface area contributed by atoms with Crippen molar-refractivity contribution in [1.82, 2.24) is 0 Å². The maximum Gasteiger partial charge on any atom is 0.296 e. The van der Waals surface area contributed by atoms with E-state index in [-0.39, 0.29) is 23.4 Å². The average molecular weight is 292 g/mol. The largest absolute Gasteiger partial charge is 0.454 e. The van der Waals surface area contributed by atoms with E-state index >= 15 is 0 Å². The third-order valence-electron chi connectivity index (χ3n) is 4.39. The summed E-state index contributed by atoms with van der Waals surface area (Å²) in [6.45, 7) is 4.66. The average Bonchev–Trinajstić information content (AvgIpc) is 2.87. The van der Waals surface area contributed by atoms with Crippen molar-refractivity contribution in [1.29, 1.82) is 0 Å². The lowest BCUT2D eigenvalue weighted by molar-refractivity contribution is -0.384. The lowest BCUT2D eigenvalue weighted by Crippen LogP contribution is -2.30. The number of anilines is 1. The summed E-state index contributed by atoms with van der Waals surface area (Å²) < 4.78 is 10.5. The number of hydrogen-bond donors (Lipinski definition) is 1. The SMILES string of the molecule is CC1(C)CCC(Nc2cc3c(cc2[N+](=O)[O-])OCO3)CC1. The van der Waals surface area contributed by atoms with Crippen LogP contribution in [0.25, 0.3) is 0 Å². The molecule has 2 aliphatic rings. The molecule has 1 aliphatic heterocycles.